The van der Waals surface area contributed by atoms with Crippen LogP contribution in [0.1, 0.15) is 34.6 Å². The van der Waals surface area contributed by atoms with Gasteiger partial charge in [0.25, 0.3) is 11.5 Å². The first kappa shape index (κ1) is 28.6. The second-order valence-corrected chi connectivity index (χ2v) is 10.9. The van der Waals surface area contributed by atoms with Crippen LogP contribution in [0.5, 0.6) is 0 Å². The first-order valence-electron chi connectivity index (χ1n) is 12.5. The number of aromatic nitrogens is 6. The lowest BCUT2D eigenvalue weighted by molar-refractivity contribution is 0.0980. The highest BCUT2D eigenvalue weighted by molar-refractivity contribution is 7.97. The molecule has 0 saturated heterocycles. The summed E-state index contributed by atoms with van der Waals surface area (Å²) < 4.78 is 5.85. The number of amides is 1. The number of carbonyl (C=O) groups excluding carboxylic acids is 1. The fourth-order valence-corrected chi connectivity index (χ4v) is 5.34. The second kappa shape index (κ2) is 11.5. The Balaban J connectivity index is 1.60. The fourth-order valence-electron chi connectivity index (χ4n) is 4.63. The van der Waals surface area contributed by atoms with Crippen molar-refractivity contribution in [1.82, 2.24) is 34.0 Å². The van der Waals surface area contributed by atoms with E-state index in [9.17, 15) is 9.59 Å². The van der Waals surface area contributed by atoms with E-state index in [-0.39, 0.29) is 28.4 Å². The van der Waals surface area contributed by atoms with Crippen LogP contribution in [-0.2, 0) is 14.1 Å². The standard InChI is InChI=1S/C28H26Cl2N8O2S/c1-14-8-18(15(2)33-21-6-7-22(30)34-25(21)27(39)36-41-5)24-19(9-14)28(40)38(4)26(35-24)16-10-20(29)23(31-11-16)17-12-32-37(3)13-17/h6-13,15,33H,1-5H3,(H,36,39). The number of halogens is 2. The molecule has 0 spiro atoms. The van der Waals surface area contributed by atoms with Crippen LogP contribution in [0.2, 0.25) is 10.2 Å². The smallest absolute Gasteiger partial charge is 0.281 e. The van der Waals surface area contributed by atoms with Gasteiger partial charge in [0.2, 0.25) is 0 Å². The van der Waals surface area contributed by atoms with Crippen molar-refractivity contribution in [1.29, 1.82) is 0 Å². The van der Waals surface area contributed by atoms with E-state index in [1.807, 2.05) is 39.2 Å². The minimum absolute atomic E-state index is 0.162. The van der Waals surface area contributed by atoms with Crippen LogP contribution in [0.4, 0.5) is 5.69 Å². The van der Waals surface area contributed by atoms with Crippen LogP contribution in [0.15, 0.2) is 53.7 Å². The number of nitrogens with one attached hydrogen (secondary N) is 2. The highest BCUT2D eigenvalue weighted by atomic mass is 35.5. The molecule has 1 aromatic carbocycles. The number of anilines is 1. The van der Waals surface area contributed by atoms with Crippen molar-refractivity contribution in [3.63, 3.8) is 0 Å². The second-order valence-electron chi connectivity index (χ2n) is 9.54. The normalized spacial score (nSPS) is 12.0. The minimum atomic E-state index is -0.378. The average Bonchev–Trinajstić information content (AvgIpc) is 3.37. The van der Waals surface area contributed by atoms with Crippen molar-refractivity contribution in [2.75, 3.05) is 11.6 Å². The topological polar surface area (TPSA) is 120 Å². The number of rotatable bonds is 7. The van der Waals surface area contributed by atoms with E-state index in [0.29, 0.717) is 38.7 Å². The first-order chi connectivity index (χ1) is 19.6. The molecule has 4 aromatic heterocycles. The zero-order valence-electron chi connectivity index (χ0n) is 22.9. The Kier molecular flexibility index (Phi) is 8.03. The van der Waals surface area contributed by atoms with E-state index in [0.717, 1.165) is 16.7 Å². The maximum absolute atomic E-state index is 13.6. The number of pyridine rings is 2. The van der Waals surface area contributed by atoms with Gasteiger partial charge in [-0.15, -0.1) is 0 Å². The average molecular weight is 610 g/mol. The number of hydrogen-bond acceptors (Lipinski definition) is 8. The molecule has 4 heterocycles. The summed E-state index contributed by atoms with van der Waals surface area (Å²) in [5.41, 5.74) is 4.61. The Bertz CT molecular complexity index is 1870. The summed E-state index contributed by atoms with van der Waals surface area (Å²) in [6.45, 7) is 3.85. The van der Waals surface area contributed by atoms with Crippen molar-refractivity contribution in [3.05, 3.63) is 86.3 Å². The lowest BCUT2D eigenvalue weighted by Gasteiger charge is -2.20. The molecule has 5 aromatic rings. The molecule has 0 bridgehead atoms. The molecule has 0 fully saturated rings. The summed E-state index contributed by atoms with van der Waals surface area (Å²) in [7, 11) is 3.49. The molecule has 0 aliphatic carbocycles. The maximum atomic E-state index is 13.6. The van der Waals surface area contributed by atoms with Gasteiger partial charge in [0.15, 0.2) is 5.69 Å². The van der Waals surface area contributed by atoms with Crippen molar-refractivity contribution in [3.8, 4) is 22.6 Å². The van der Waals surface area contributed by atoms with Gasteiger partial charge in [-0.3, -0.25) is 28.5 Å². The SMILES string of the molecule is CSNC(=O)c1nc(Cl)ccc1NC(C)c1cc(C)cc2c(=O)n(C)c(-c3cnc(-c4cnn(C)c4)c(Cl)c3)nc12. The van der Waals surface area contributed by atoms with Gasteiger partial charge >= 0.3 is 0 Å². The highest BCUT2D eigenvalue weighted by Gasteiger charge is 2.21. The Hall–Kier alpha value is -3.93. The largest absolute Gasteiger partial charge is 0.377 e. The van der Waals surface area contributed by atoms with Gasteiger partial charge in [-0.25, -0.2) is 9.97 Å². The van der Waals surface area contributed by atoms with Crippen LogP contribution in [-0.4, -0.2) is 41.5 Å². The minimum Gasteiger partial charge on any atom is -0.377 e. The predicted molar refractivity (Wildman–Crippen MR) is 164 cm³/mol. The molecular weight excluding hydrogens is 583 g/mol. The fraction of sp³-hybridized carbons (Fsp3) is 0.214. The quantitative estimate of drug-likeness (QED) is 0.181. The Labute approximate surface area is 250 Å². The van der Waals surface area contributed by atoms with E-state index in [2.05, 4.69) is 25.1 Å². The van der Waals surface area contributed by atoms with E-state index in [1.54, 1.807) is 48.6 Å². The predicted octanol–water partition coefficient (Wildman–Crippen LogP) is 5.59. The van der Waals surface area contributed by atoms with Crippen LogP contribution in [0.25, 0.3) is 33.5 Å². The summed E-state index contributed by atoms with van der Waals surface area (Å²) >= 11 is 13.9. The zero-order chi connectivity index (χ0) is 29.4. The molecule has 13 heteroatoms. The first-order valence-corrected chi connectivity index (χ1v) is 14.5. The molecular formula is C28H26Cl2N8O2S. The summed E-state index contributed by atoms with van der Waals surface area (Å²) in [6, 6.07) is 8.49. The van der Waals surface area contributed by atoms with Gasteiger partial charge < -0.3 is 5.32 Å². The molecule has 0 saturated carbocycles. The third-order valence-electron chi connectivity index (χ3n) is 6.54. The van der Waals surface area contributed by atoms with E-state index >= 15 is 0 Å². The number of aryl methyl sites for hydroxylation is 2. The zero-order valence-corrected chi connectivity index (χ0v) is 25.2. The van der Waals surface area contributed by atoms with Gasteiger partial charge in [0.1, 0.15) is 11.0 Å². The van der Waals surface area contributed by atoms with E-state index in [4.69, 9.17) is 28.2 Å². The Morgan fingerprint density at radius 2 is 1.85 bits per heavy atom. The van der Waals surface area contributed by atoms with Crippen LogP contribution in [0.3, 0.4) is 0 Å². The number of benzene rings is 1. The Morgan fingerprint density at radius 3 is 2.54 bits per heavy atom. The van der Waals surface area contributed by atoms with Crippen molar-refractivity contribution in [2.45, 2.75) is 19.9 Å². The molecule has 0 aliphatic heterocycles. The van der Waals surface area contributed by atoms with E-state index < -0.39 is 0 Å². The Morgan fingerprint density at radius 1 is 1.07 bits per heavy atom. The molecule has 2 N–H and O–H groups in total. The third-order valence-corrected chi connectivity index (χ3v) is 7.43. The van der Waals surface area contributed by atoms with Crippen LogP contribution < -0.4 is 15.6 Å². The van der Waals surface area contributed by atoms with Gasteiger partial charge in [0, 0.05) is 49.4 Å². The highest BCUT2D eigenvalue weighted by Crippen LogP contribution is 2.32. The molecule has 5 rings (SSSR count). The molecule has 0 radical (unpaired) electrons. The molecule has 210 valence electrons. The van der Waals surface area contributed by atoms with Gasteiger partial charge in [0.05, 0.1) is 39.5 Å². The van der Waals surface area contributed by atoms with E-state index in [1.165, 1.54) is 16.5 Å². The maximum Gasteiger partial charge on any atom is 0.281 e. The number of nitrogens with zero attached hydrogens (tertiary/aromatic N) is 6. The summed E-state index contributed by atoms with van der Waals surface area (Å²) in [4.78, 5) is 40.0. The lowest BCUT2D eigenvalue weighted by Crippen LogP contribution is -2.22. The molecule has 10 nitrogen and oxygen atoms in total. The monoisotopic (exact) mass is 608 g/mol. The summed E-state index contributed by atoms with van der Waals surface area (Å²) in [6.07, 6.45) is 6.91. The third kappa shape index (κ3) is 5.65. The number of carbonyl (C=O) groups is 1. The summed E-state index contributed by atoms with van der Waals surface area (Å²) in [5, 5.41) is 8.63. The number of fused-ring (bicyclic) bond motifs is 1. The van der Waals surface area contributed by atoms with Crippen LogP contribution in [0, 0.1) is 6.92 Å². The van der Waals surface area contributed by atoms with Crippen molar-refractivity contribution >= 4 is 57.6 Å². The van der Waals surface area contributed by atoms with Crippen molar-refractivity contribution in [2.24, 2.45) is 14.1 Å². The van der Waals surface area contributed by atoms with Gasteiger partial charge in [-0.05, 0) is 43.7 Å². The molecule has 0 aliphatic rings. The molecule has 41 heavy (non-hydrogen) atoms. The van der Waals surface area contributed by atoms with Crippen LogP contribution >= 0.6 is 35.1 Å². The molecule has 1 atom stereocenters. The lowest BCUT2D eigenvalue weighted by atomic mass is 10.0. The van der Waals surface area contributed by atoms with Crippen molar-refractivity contribution < 1.29 is 4.79 Å². The molecule has 1 amide bonds. The van der Waals surface area contributed by atoms with Gasteiger partial charge in [-0.1, -0.05) is 41.2 Å². The summed E-state index contributed by atoms with van der Waals surface area (Å²) in [5.74, 6) is 0.0392. The van der Waals surface area contributed by atoms with Gasteiger partial charge in [-0.2, -0.15) is 5.10 Å². The number of hydrogen-bond donors (Lipinski definition) is 2. The molecule has 1 unspecified atom stereocenters.